The number of nitrogens with one attached hydrogen (secondary N) is 2. The van der Waals surface area contributed by atoms with Gasteiger partial charge in [0.25, 0.3) is 0 Å². The first-order chi connectivity index (χ1) is 13.7. The molecule has 0 spiro atoms. The Balaban J connectivity index is 1.52. The Morgan fingerprint density at radius 3 is 2.64 bits per heavy atom. The van der Waals surface area contributed by atoms with E-state index < -0.39 is 0 Å². The maximum absolute atomic E-state index is 11.1. The molecule has 1 amide bonds. The first-order valence-electron chi connectivity index (χ1n) is 10.4. The van der Waals surface area contributed by atoms with Gasteiger partial charge in [0.2, 0.25) is 5.91 Å². The number of guanidine groups is 1. The predicted molar refractivity (Wildman–Crippen MR) is 113 cm³/mol. The standard InChI is InChI=1S/C21H33N5O2/c1-3-22-21(26-11-9-20(16-26)25-12-14-28-15-13-25)23-10-8-18-4-6-19(7-5-18)24-17(2)27/h4-7,20H,3,8-16H2,1-2H3,(H,22,23)(H,24,27). The summed E-state index contributed by atoms with van der Waals surface area (Å²) in [6.07, 6.45) is 2.07. The van der Waals surface area contributed by atoms with Gasteiger partial charge in [0.05, 0.1) is 13.2 Å². The molecule has 2 aliphatic rings. The second-order valence-electron chi connectivity index (χ2n) is 7.40. The van der Waals surface area contributed by atoms with Gasteiger partial charge in [-0.25, -0.2) is 0 Å². The third-order valence-electron chi connectivity index (χ3n) is 5.30. The number of carbonyl (C=O) groups is 1. The zero-order valence-electron chi connectivity index (χ0n) is 17.1. The van der Waals surface area contributed by atoms with E-state index >= 15 is 0 Å². The number of likely N-dealkylation sites (tertiary alicyclic amines) is 1. The molecule has 0 aromatic heterocycles. The highest BCUT2D eigenvalue weighted by Crippen LogP contribution is 2.17. The largest absolute Gasteiger partial charge is 0.379 e. The number of aliphatic imine (C=N–C) groups is 1. The molecule has 2 heterocycles. The number of amides is 1. The number of hydrogen-bond acceptors (Lipinski definition) is 4. The third-order valence-corrected chi connectivity index (χ3v) is 5.30. The molecule has 7 heteroatoms. The van der Waals surface area contributed by atoms with E-state index in [1.807, 2.05) is 12.1 Å². The Morgan fingerprint density at radius 2 is 1.96 bits per heavy atom. The van der Waals surface area contributed by atoms with Crippen LogP contribution in [-0.2, 0) is 16.0 Å². The molecule has 2 fully saturated rings. The van der Waals surface area contributed by atoms with E-state index in [-0.39, 0.29) is 5.91 Å². The average molecular weight is 388 g/mol. The van der Waals surface area contributed by atoms with Gasteiger partial charge in [-0.05, 0) is 37.5 Å². The molecule has 2 saturated heterocycles. The Kier molecular flexibility index (Phi) is 7.68. The van der Waals surface area contributed by atoms with Crippen molar-refractivity contribution in [2.45, 2.75) is 32.7 Å². The molecule has 1 aromatic rings. The molecule has 2 N–H and O–H groups in total. The first kappa shape index (κ1) is 20.6. The van der Waals surface area contributed by atoms with Crippen molar-refractivity contribution < 1.29 is 9.53 Å². The van der Waals surface area contributed by atoms with Crippen molar-refractivity contribution in [2.24, 2.45) is 4.99 Å². The van der Waals surface area contributed by atoms with Crippen LogP contribution in [0, 0.1) is 0 Å². The normalized spacial score (nSPS) is 21.0. The smallest absolute Gasteiger partial charge is 0.221 e. The lowest BCUT2D eigenvalue weighted by Crippen LogP contribution is -2.46. The van der Waals surface area contributed by atoms with Crippen LogP contribution in [0.2, 0.25) is 0 Å². The van der Waals surface area contributed by atoms with Gasteiger partial charge in [0.15, 0.2) is 5.96 Å². The average Bonchev–Trinajstić information content (AvgIpc) is 3.19. The Hall–Kier alpha value is -2.12. The van der Waals surface area contributed by atoms with Gasteiger partial charge < -0.3 is 20.3 Å². The van der Waals surface area contributed by atoms with Crippen molar-refractivity contribution >= 4 is 17.6 Å². The fourth-order valence-corrected chi connectivity index (χ4v) is 3.85. The van der Waals surface area contributed by atoms with E-state index in [0.29, 0.717) is 6.04 Å². The van der Waals surface area contributed by atoms with Crippen LogP contribution >= 0.6 is 0 Å². The summed E-state index contributed by atoms with van der Waals surface area (Å²) < 4.78 is 5.48. The summed E-state index contributed by atoms with van der Waals surface area (Å²) in [6.45, 7) is 11.1. The van der Waals surface area contributed by atoms with Gasteiger partial charge in [0, 0.05) is 57.9 Å². The van der Waals surface area contributed by atoms with E-state index in [2.05, 4.69) is 39.5 Å². The Morgan fingerprint density at radius 1 is 1.21 bits per heavy atom. The lowest BCUT2D eigenvalue weighted by atomic mass is 10.1. The molecule has 2 aliphatic heterocycles. The number of carbonyl (C=O) groups excluding carboxylic acids is 1. The number of morpholine rings is 1. The monoisotopic (exact) mass is 387 g/mol. The molecule has 0 bridgehead atoms. The molecule has 154 valence electrons. The number of rotatable bonds is 6. The van der Waals surface area contributed by atoms with Gasteiger partial charge >= 0.3 is 0 Å². The molecular weight excluding hydrogens is 354 g/mol. The van der Waals surface area contributed by atoms with Gasteiger partial charge in [0.1, 0.15) is 0 Å². The van der Waals surface area contributed by atoms with E-state index in [1.165, 1.54) is 18.9 Å². The fourth-order valence-electron chi connectivity index (χ4n) is 3.85. The molecule has 1 atom stereocenters. The van der Waals surface area contributed by atoms with E-state index in [1.54, 1.807) is 0 Å². The lowest BCUT2D eigenvalue weighted by molar-refractivity contribution is -0.114. The second-order valence-corrected chi connectivity index (χ2v) is 7.40. The Bertz CT molecular complexity index is 655. The van der Waals surface area contributed by atoms with Gasteiger partial charge in [-0.15, -0.1) is 0 Å². The van der Waals surface area contributed by atoms with Crippen LogP contribution in [0.25, 0.3) is 0 Å². The molecular formula is C21H33N5O2. The van der Waals surface area contributed by atoms with Crippen molar-refractivity contribution in [3.63, 3.8) is 0 Å². The maximum atomic E-state index is 11.1. The molecule has 0 saturated carbocycles. The summed E-state index contributed by atoms with van der Waals surface area (Å²) in [5, 5.41) is 6.25. The van der Waals surface area contributed by atoms with Crippen molar-refractivity contribution in [1.82, 2.24) is 15.1 Å². The van der Waals surface area contributed by atoms with Crippen LogP contribution in [-0.4, -0.2) is 80.2 Å². The molecule has 0 radical (unpaired) electrons. The lowest BCUT2D eigenvalue weighted by Gasteiger charge is -2.32. The summed E-state index contributed by atoms with van der Waals surface area (Å²) in [5.74, 6) is 0.974. The van der Waals surface area contributed by atoms with Crippen LogP contribution < -0.4 is 10.6 Å². The maximum Gasteiger partial charge on any atom is 0.221 e. The fraction of sp³-hybridized carbons (Fsp3) is 0.619. The van der Waals surface area contributed by atoms with Crippen LogP contribution in [0.15, 0.2) is 29.3 Å². The highest BCUT2D eigenvalue weighted by Gasteiger charge is 2.30. The molecule has 7 nitrogen and oxygen atoms in total. The Labute approximate surface area is 168 Å². The minimum atomic E-state index is -0.0476. The van der Waals surface area contributed by atoms with E-state index in [9.17, 15) is 4.79 Å². The zero-order chi connectivity index (χ0) is 19.8. The van der Waals surface area contributed by atoms with Crippen LogP contribution in [0.1, 0.15) is 25.8 Å². The summed E-state index contributed by atoms with van der Waals surface area (Å²) in [4.78, 5) is 20.9. The third kappa shape index (κ3) is 5.94. The van der Waals surface area contributed by atoms with Crippen molar-refractivity contribution in [2.75, 3.05) is 57.8 Å². The van der Waals surface area contributed by atoms with Gasteiger partial charge in [-0.1, -0.05) is 12.1 Å². The van der Waals surface area contributed by atoms with E-state index in [0.717, 1.165) is 70.6 Å². The minimum Gasteiger partial charge on any atom is -0.379 e. The highest BCUT2D eigenvalue weighted by molar-refractivity contribution is 5.88. The summed E-state index contributed by atoms with van der Waals surface area (Å²) >= 11 is 0. The quantitative estimate of drug-likeness (QED) is 0.573. The van der Waals surface area contributed by atoms with Crippen molar-refractivity contribution in [1.29, 1.82) is 0 Å². The summed E-state index contributed by atoms with van der Waals surface area (Å²) in [6, 6.07) is 8.60. The highest BCUT2D eigenvalue weighted by atomic mass is 16.5. The first-order valence-corrected chi connectivity index (χ1v) is 10.4. The summed E-state index contributed by atoms with van der Waals surface area (Å²) in [7, 11) is 0. The molecule has 3 rings (SSSR count). The van der Waals surface area contributed by atoms with Gasteiger partial charge in [-0.2, -0.15) is 0 Å². The van der Waals surface area contributed by atoms with E-state index in [4.69, 9.17) is 9.73 Å². The van der Waals surface area contributed by atoms with Gasteiger partial charge in [-0.3, -0.25) is 14.7 Å². The predicted octanol–water partition coefficient (Wildman–Crippen LogP) is 1.56. The summed E-state index contributed by atoms with van der Waals surface area (Å²) in [5.41, 5.74) is 2.06. The number of hydrogen-bond donors (Lipinski definition) is 2. The molecule has 0 aliphatic carbocycles. The number of anilines is 1. The molecule has 1 aromatic carbocycles. The number of nitrogens with zero attached hydrogens (tertiary/aromatic N) is 3. The zero-order valence-corrected chi connectivity index (χ0v) is 17.1. The van der Waals surface area contributed by atoms with Crippen LogP contribution in [0.5, 0.6) is 0 Å². The SMILES string of the molecule is CCNC(=NCCc1ccc(NC(C)=O)cc1)N1CCC(N2CCOCC2)C1. The van der Waals surface area contributed by atoms with Crippen molar-refractivity contribution in [3.8, 4) is 0 Å². The second kappa shape index (κ2) is 10.4. The topological polar surface area (TPSA) is 69.2 Å². The number of ether oxygens (including phenoxy) is 1. The number of benzene rings is 1. The van der Waals surface area contributed by atoms with Crippen LogP contribution in [0.3, 0.4) is 0 Å². The minimum absolute atomic E-state index is 0.0476. The molecule has 28 heavy (non-hydrogen) atoms. The van der Waals surface area contributed by atoms with Crippen LogP contribution in [0.4, 0.5) is 5.69 Å². The van der Waals surface area contributed by atoms with Crippen molar-refractivity contribution in [3.05, 3.63) is 29.8 Å². The molecule has 1 unspecified atom stereocenters.